The maximum absolute atomic E-state index is 11.9. The van der Waals surface area contributed by atoms with Gasteiger partial charge in [-0.2, -0.15) is 11.8 Å². The lowest BCUT2D eigenvalue weighted by molar-refractivity contribution is -0.138. The number of nitrogens with one attached hydrogen (secondary N) is 3. The Morgan fingerprint density at radius 3 is 2.25 bits per heavy atom. The van der Waals surface area contributed by atoms with E-state index in [1.807, 2.05) is 6.26 Å². The Morgan fingerprint density at radius 1 is 1.12 bits per heavy atom. The van der Waals surface area contributed by atoms with E-state index < -0.39 is 42.1 Å². The fourth-order valence-corrected chi connectivity index (χ4v) is 1.97. The molecule has 0 aliphatic carbocycles. The first kappa shape index (κ1) is 22.0. The highest BCUT2D eigenvalue weighted by atomic mass is 32.2. The van der Waals surface area contributed by atoms with E-state index in [0.717, 1.165) is 0 Å². The molecule has 138 valence electrons. The van der Waals surface area contributed by atoms with E-state index in [1.165, 1.54) is 11.8 Å². The van der Waals surface area contributed by atoms with Crippen molar-refractivity contribution in [1.29, 1.82) is 0 Å². The maximum Gasteiger partial charge on any atom is 0.408 e. The zero-order valence-electron chi connectivity index (χ0n) is 14.3. The number of ether oxygens (including phenoxy) is 1. The summed E-state index contributed by atoms with van der Waals surface area (Å²) in [6, 6.07) is -0.871. The summed E-state index contributed by atoms with van der Waals surface area (Å²) in [7, 11) is 0. The van der Waals surface area contributed by atoms with Gasteiger partial charge in [-0.05, 0) is 39.2 Å². The van der Waals surface area contributed by atoms with Crippen LogP contribution < -0.4 is 16.0 Å². The molecule has 9 nitrogen and oxygen atoms in total. The molecule has 0 aromatic carbocycles. The molecule has 0 radical (unpaired) electrons. The number of carbonyl (C=O) groups excluding carboxylic acids is 3. The molecule has 0 heterocycles. The van der Waals surface area contributed by atoms with Gasteiger partial charge in [0.1, 0.15) is 24.7 Å². The fourth-order valence-electron chi connectivity index (χ4n) is 1.50. The second-order valence-electron chi connectivity index (χ2n) is 5.87. The monoisotopic (exact) mass is 363 g/mol. The van der Waals surface area contributed by atoms with Crippen LogP contribution in [0.1, 0.15) is 27.2 Å². The highest BCUT2D eigenvalue weighted by Crippen LogP contribution is 2.06. The number of hydrogen-bond donors (Lipinski definition) is 4. The van der Waals surface area contributed by atoms with Crippen LogP contribution in [0.15, 0.2) is 0 Å². The summed E-state index contributed by atoms with van der Waals surface area (Å²) in [6.45, 7) is 4.20. The molecule has 0 bridgehead atoms. The summed E-state index contributed by atoms with van der Waals surface area (Å²) >= 11 is 1.49. The van der Waals surface area contributed by atoms with Gasteiger partial charge in [-0.3, -0.25) is 14.4 Å². The standard InChI is InChI=1S/C14H25N3O6S/c1-14(2,3)23-13(22)16-7-10(18)17-9(5-6-24-4)12(21)15-8-11(19)20/h9H,5-8H2,1-4H3,(H,15,21)(H,16,22)(H,17,18)(H,19,20). The molecule has 0 aromatic rings. The summed E-state index contributed by atoms with van der Waals surface area (Å²) in [6.07, 6.45) is 1.44. The first-order valence-corrected chi connectivity index (χ1v) is 8.69. The van der Waals surface area contributed by atoms with Gasteiger partial charge in [-0.25, -0.2) is 4.79 Å². The van der Waals surface area contributed by atoms with E-state index in [4.69, 9.17) is 9.84 Å². The van der Waals surface area contributed by atoms with Gasteiger partial charge >= 0.3 is 12.1 Å². The molecule has 1 atom stereocenters. The average molecular weight is 363 g/mol. The quantitative estimate of drug-likeness (QED) is 0.451. The van der Waals surface area contributed by atoms with Gasteiger partial charge in [0, 0.05) is 0 Å². The lowest BCUT2D eigenvalue weighted by Gasteiger charge is -2.20. The summed E-state index contributed by atoms with van der Waals surface area (Å²) < 4.78 is 4.99. The number of carboxylic acids is 1. The molecule has 0 fully saturated rings. The van der Waals surface area contributed by atoms with Gasteiger partial charge in [0.05, 0.1) is 0 Å². The molecule has 0 spiro atoms. The summed E-state index contributed by atoms with van der Waals surface area (Å²) in [4.78, 5) is 45.7. The fraction of sp³-hybridized carbons (Fsp3) is 0.714. The number of carboxylic acid groups (broad SMARTS) is 1. The Labute approximate surface area is 145 Å². The number of thioether (sulfide) groups is 1. The Balaban J connectivity index is 4.45. The minimum absolute atomic E-state index is 0.338. The van der Waals surface area contributed by atoms with Crippen molar-refractivity contribution < 1.29 is 29.0 Å². The van der Waals surface area contributed by atoms with E-state index in [1.54, 1.807) is 20.8 Å². The summed E-state index contributed by atoms with van der Waals surface area (Å²) in [5.74, 6) is -1.73. The average Bonchev–Trinajstić information content (AvgIpc) is 2.45. The molecule has 1 unspecified atom stereocenters. The molecule has 0 aliphatic rings. The molecular formula is C14H25N3O6S. The maximum atomic E-state index is 11.9. The van der Waals surface area contributed by atoms with Crippen LogP contribution in [0.4, 0.5) is 4.79 Å². The first-order valence-electron chi connectivity index (χ1n) is 7.30. The molecule has 24 heavy (non-hydrogen) atoms. The van der Waals surface area contributed by atoms with Crippen LogP contribution in [0.3, 0.4) is 0 Å². The van der Waals surface area contributed by atoms with E-state index in [9.17, 15) is 19.2 Å². The van der Waals surface area contributed by atoms with Gasteiger partial charge < -0.3 is 25.8 Å². The Kier molecular flexibility index (Phi) is 9.86. The van der Waals surface area contributed by atoms with Crippen molar-refractivity contribution in [2.24, 2.45) is 0 Å². The van der Waals surface area contributed by atoms with Crippen molar-refractivity contribution in [1.82, 2.24) is 16.0 Å². The third-order valence-electron chi connectivity index (χ3n) is 2.47. The largest absolute Gasteiger partial charge is 0.480 e. The topological polar surface area (TPSA) is 134 Å². The predicted molar refractivity (Wildman–Crippen MR) is 89.8 cm³/mol. The van der Waals surface area contributed by atoms with Crippen molar-refractivity contribution >= 4 is 35.6 Å². The third kappa shape index (κ3) is 11.6. The highest BCUT2D eigenvalue weighted by Gasteiger charge is 2.22. The minimum atomic E-state index is -1.18. The van der Waals surface area contributed by atoms with Crippen LogP contribution in [-0.4, -0.2) is 65.7 Å². The van der Waals surface area contributed by atoms with Crippen molar-refractivity contribution in [3.63, 3.8) is 0 Å². The zero-order valence-corrected chi connectivity index (χ0v) is 15.1. The van der Waals surface area contributed by atoms with Crippen LogP contribution >= 0.6 is 11.8 Å². The third-order valence-corrected chi connectivity index (χ3v) is 3.11. The van der Waals surface area contributed by atoms with E-state index >= 15 is 0 Å². The first-order chi connectivity index (χ1) is 11.0. The number of alkyl carbamates (subject to hydrolysis) is 1. The normalized spacial score (nSPS) is 12.0. The number of aliphatic carboxylic acids is 1. The van der Waals surface area contributed by atoms with Crippen LogP contribution in [0.5, 0.6) is 0 Å². The minimum Gasteiger partial charge on any atom is -0.480 e. The van der Waals surface area contributed by atoms with Crippen LogP contribution in [0.2, 0.25) is 0 Å². The molecule has 4 N–H and O–H groups in total. The number of amides is 3. The molecule has 0 rings (SSSR count). The molecular weight excluding hydrogens is 338 g/mol. The van der Waals surface area contributed by atoms with E-state index in [-0.39, 0.29) is 6.54 Å². The van der Waals surface area contributed by atoms with Crippen LogP contribution in [0, 0.1) is 0 Å². The summed E-state index contributed by atoms with van der Waals surface area (Å²) in [5.41, 5.74) is -0.682. The number of carbonyl (C=O) groups is 4. The molecule has 0 saturated heterocycles. The Hall–Kier alpha value is -1.97. The van der Waals surface area contributed by atoms with Gasteiger partial charge in [0.25, 0.3) is 0 Å². The van der Waals surface area contributed by atoms with Crippen molar-refractivity contribution in [3.8, 4) is 0 Å². The van der Waals surface area contributed by atoms with Gasteiger partial charge in [0.15, 0.2) is 0 Å². The van der Waals surface area contributed by atoms with Crippen LogP contribution in [-0.2, 0) is 19.1 Å². The molecule has 3 amide bonds. The van der Waals surface area contributed by atoms with Crippen molar-refractivity contribution in [3.05, 3.63) is 0 Å². The smallest absolute Gasteiger partial charge is 0.408 e. The summed E-state index contributed by atoms with van der Waals surface area (Å²) in [5, 5.41) is 15.5. The van der Waals surface area contributed by atoms with Crippen LogP contribution in [0.25, 0.3) is 0 Å². The lowest BCUT2D eigenvalue weighted by Crippen LogP contribution is -2.50. The number of rotatable bonds is 9. The van der Waals surface area contributed by atoms with Gasteiger partial charge in [-0.1, -0.05) is 0 Å². The van der Waals surface area contributed by atoms with Crippen molar-refractivity contribution in [2.75, 3.05) is 25.1 Å². The molecule has 0 aromatic heterocycles. The lowest BCUT2D eigenvalue weighted by atomic mass is 10.2. The van der Waals surface area contributed by atoms with Crippen molar-refractivity contribution in [2.45, 2.75) is 38.8 Å². The van der Waals surface area contributed by atoms with Gasteiger partial charge in [-0.15, -0.1) is 0 Å². The SMILES string of the molecule is CSCCC(NC(=O)CNC(=O)OC(C)(C)C)C(=O)NCC(=O)O. The molecule has 0 saturated carbocycles. The zero-order chi connectivity index (χ0) is 18.8. The predicted octanol–water partition coefficient (Wildman–Crippen LogP) is -0.0502. The Bertz CT molecular complexity index is 464. The second kappa shape index (κ2) is 10.7. The highest BCUT2D eigenvalue weighted by molar-refractivity contribution is 7.98. The molecule has 10 heteroatoms. The molecule has 0 aliphatic heterocycles. The second-order valence-corrected chi connectivity index (χ2v) is 6.85. The Morgan fingerprint density at radius 2 is 1.75 bits per heavy atom. The van der Waals surface area contributed by atoms with E-state index in [2.05, 4.69) is 16.0 Å². The van der Waals surface area contributed by atoms with E-state index in [0.29, 0.717) is 12.2 Å². The number of hydrogen-bond acceptors (Lipinski definition) is 6. The van der Waals surface area contributed by atoms with Gasteiger partial charge in [0.2, 0.25) is 11.8 Å².